The molecule has 9 heteroatoms. The van der Waals surface area contributed by atoms with Gasteiger partial charge in [-0.25, -0.2) is 8.42 Å². The van der Waals surface area contributed by atoms with Crippen LogP contribution in [-0.4, -0.2) is 37.8 Å². The molecular formula is C15H15ClN2O5S. The molecule has 24 heavy (non-hydrogen) atoms. The van der Waals surface area contributed by atoms with E-state index in [1.807, 2.05) is 0 Å². The molecule has 2 aromatic rings. The van der Waals surface area contributed by atoms with Crippen molar-refractivity contribution < 1.29 is 18.1 Å². The van der Waals surface area contributed by atoms with Crippen LogP contribution in [0.15, 0.2) is 53.4 Å². The number of para-hydroxylation sites is 1. The molecule has 0 aromatic heterocycles. The smallest absolute Gasteiger partial charge is 0.289 e. The summed E-state index contributed by atoms with van der Waals surface area (Å²) in [5.74, 6) is 0.513. The van der Waals surface area contributed by atoms with Crippen molar-refractivity contribution in [3.63, 3.8) is 0 Å². The van der Waals surface area contributed by atoms with Gasteiger partial charge in [0.05, 0.1) is 4.92 Å². The summed E-state index contributed by atoms with van der Waals surface area (Å²) < 4.78 is 31.5. The highest BCUT2D eigenvalue weighted by molar-refractivity contribution is 7.89. The third-order valence-electron chi connectivity index (χ3n) is 3.22. The number of nitro groups is 1. The van der Waals surface area contributed by atoms with Crippen molar-refractivity contribution in [1.82, 2.24) is 4.31 Å². The van der Waals surface area contributed by atoms with Crippen LogP contribution in [0.2, 0.25) is 5.02 Å². The average molecular weight is 371 g/mol. The zero-order valence-electron chi connectivity index (χ0n) is 12.8. The lowest BCUT2D eigenvalue weighted by Crippen LogP contribution is -2.31. The number of benzene rings is 2. The van der Waals surface area contributed by atoms with Gasteiger partial charge in [0, 0.05) is 24.7 Å². The van der Waals surface area contributed by atoms with E-state index in [2.05, 4.69) is 0 Å². The number of ether oxygens (including phenoxy) is 1. The molecule has 0 aliphatic heterocycles. The highest BCUT2D eigenvalue weighted by Crippen LogP contribution is 2.25. The molecule has 0 atom stereocenters. The van der Waals surface area contributed by atoms with Crippen LogP contribution in [0, 0.1) is 10.1 Å². The van der Waals surface area contributed by atoms with E-state index in [1.165, 1.54) is 25.2 Å². The average Bonchev–Trinajstić information content (AvgIpc) is 2.54. The lowest BCUT2D eigenvalue weighted by molar-refractivity contribution is -0.387. The van der Waals surface area contributed by atoms with Crippen molar-refractivity contribution in [2.75, 3.05) is 20.2 Å². The summed E-state index contributed by atoms with van der Waals surface area (Å²) in [6.07, 6.45) is 0. The van der Waals surface area contributed by atoms with Gasteiger partial charge in [0.1, 0.15) is 12.4 Å². The third-order valence-corrected chi connectivity index (χ3v) is 5.36. The minimum absolute atomic E-state index is 0.0287. The molecule has 7 nitrogen and oxygen atoms in total. The Bertz CT molecular complexity index is 841. The molecule has 0 radical (unpaired) electrons. The fourth-order valence-corrected chi connectivity index (χ4v) is 3.45. The highest BCUT2D eigenvalue weighted by atomic mass is 35.5. The normalized spacial score (nSPS) is 11.5. The molecule has 0 N–H and O–H groups in total. The second-order valence-corrected chi connectivity index (χ2v) is 7.31. The number of sulfonamides is 1. The van der Waals surface area contributed by atoms with Gasteiger partial charge in [0.15, 0.2) is 4.90 Å². The van der Waals surface area contributed by atoms with Gasteiger partial charge in [0.25, 0.3) is 5.69 Å². The number of likely N-dealkylation sites (N-methyl/N-ethyl adjacent to an activating group) is 1. The van der Waals surface area contributed by atoms with Crippen molar-refractivity contribution in [3.8, 4) is 5.75 Å². The van der Waals surface area contributed by atoms with Crippen LogP contribution < -0.4 is 4.74 Å². The Kier molecular flexibility index (Phi) is 5.76. The van der Waals surface area contributed by atoms with Gasteiger partial charge >= 0.3 is 0 Å². The summed E-state index contributed by atoms with van der Waals surface area (Å²) >= 11 is 5.84. The van der Waals surface area contributed by atoms with Crippen molar-refractivity contribution in [3.05, 3.63) is 63.7 Å². The Balaban J connectivity index is 2.08. The fourth-order valence-electron chi connectivity index (χ4n) is 1.96. The summed E-state index contributed by atoms with van der Waals surface area (Å²) in [5, 5.41) is 11.5. The Morgan fingerprint density at radius 2 is 1.92 bits per heavy atom. The molecule has 0 saturated heterocycles. The van der Waals surface area contributed by atoms with E-state index in [9.17, 15) is 18.5 Å². The minimum atomic E-state index is -3.99. The van der Waals surface area contributed by atoms with Gasteiger partial charge in [-0.15, -0.1) is 0 Å². The van der Waals surface area contributed by atoms with Crippen LogP contribution in [0.4, 0.5) is 5.69 Å². The number of nitro benzene ring substituents is 1. The number of halogens is 1. The second kappa shape index (κ2) is 7.61. The molecule has 2 aromatic carbocycles. The summed E-state index contributed by atoms with van der Waals surface area (Å²) in [7, 11) is -2.65. The first-order valence-corrected chi connectivity index (χ1v) is 8.72. The summed E-state index contributed by atoms with van der Waals surface area (Å²) in [6.45, 7) is 0.109. The topological polar surface area (TPSA) is 89.8 Å². The first-order valence-electron chi connectivity index (χ1n) is 6.90. The van der Waals surface area contributed by atoms with Crippen LogP contribution in [0.1, 0.15) is 0 Å². The summed E-state index contributed by atoms with van der Waals surface area (Å²) in [6, 6.07) is 11.9. The van der Waals surface area contributed by atoms with Crippen molar-refractivity contribution >= 4 is 27.3 Å². The Morgan fingerprint density at radius 3 is 2.58 bits per heavy atom. The maximum Gasteiger partial charge on any atom is 0.289 e. The zero-order valence-corrected chi connectivity index (χ0v) is 14.3. The van der Waals surface area contributed by atoms with Gasteiger partial charge < -0.3 is 4.74 Å². The van der Waals surface area contributed by atoms with Crippen molar-refractivity contribution in [2.45, 2.75) is 4.90 Å². The maximum atomic E-state index is 12.5. The zero-order chi connectivity index (χ0) is 17.7. The van der Waals surface area contributed by atoms with Crippen LogP contribution >= 0.6 is 11.6 Å². The van der Waals surface area contributed by atoms with Crippen LogP contribution in [-0.2, 0) is 10.0 Å². The quantitative estimate of drug-likeness (QED) is 0.552. The second-order valence-electron chi connectivity index (χ2n) is 4.86. The molecule has 0 aliphatic rings. The summed E-state index contributed by atoms with van der Waals surface area (Å²) in [5.41, 5.74) is -0.458. The van der Waals surface area contributed by atoms with Gasteiger partial charge in [-0.1, -0.05) is 29.8 Å². The Hall–Kier alpha value is -2.16. The van der Waals surface area contributed by atoms with E-state index in [4.69, 9.17) is 16.3 Å². The molecule has 0 heterocycles. The van der Waals surface area contributed by atoms with Crippen LogP contribution in [0.25, 0.3) is 0 Å². The molecule has 128 valence electrons. The van der Waals surface area contributed by atoms with Gasteiger partial charge in [-0.2, -0.15) is 4.31 Å². The molecule has 0 aliphatic carbocycles. The van der Waals surface area contributed by atoms with Gasteiger partial charge in [-0.05, 0) is 24.3 Å². The largest absolute Gasteiger partial charge is 0.492 e. The third kappa shape index (κ3) is 4.22. The van der Waals surface area contributed by atoms with E-state index in [0.29, 0.717) is 10.8 Å². The number of hydrogen-bond donors (Lipinski definition) is 0. The van der Waals surface area contributed by atoms with E-state index in [0.717, 1.165) is 10.4 Å². The molecule has 0 unspecified atom stereocenters. The molecule has 2 rings (SSSR count). The number of hydrogen-bond acceptors (Lipinski definition) is 5. The Morgan fingerprint density at radius 1 is 1.21 bits per heavy atom. The summed E-state index contributed by atoms with van der Waals surface area (Å²) in [4.78, 5) is 9.94. The van der Waals surface area contributed by atoms with Crippen LogP contribution in [0.5, 0.6) is 5.75 Å². The maximum absolute atomic E-state index is 12.5. The van der Waals surface area contributed by atoms with Gasteiger partial charge in [-0.3, -0.25) is 10.1 Å². The highest BCUT2D eigenvalue weighted by Gasteiger charge is 2.28. The Labute approximate surface area is 144 Å². The van der Waals surface area contributed by atoms with E-state index < -0.39 is 20.6 Å². The van der Waals surface area contributed by atoms with Crippen molar-refractivity contribution in [1.29, 1.82) is 0 Å². The molecule has 0 spiro atoms. The van der Waals surface area contributed by atoms with E-state index in [1.54, 1.807) is 24.3 Å². The SMILES string of the molecule is CN(CCOc1cccc(Cl)c1)S(=O)(=O)c1ccccc1[N+](=O)[O-]. The molecule has 0 bridgehead atoms. The molecular weight excluding hydrogens is 356 g/mol. The van der Waals surface area contributed by atoms with E-state index in [-0.39, 0.29) is 18.0 Å². The number of nitrogens with zero attached hydrogens (tertiary/aromatic N) is 2. The molecule has 0 fully saturated rings. The van der Waals surface area contributed by atoms with Crippen molar-refractivity contribution in [2.24, 2.45) is 0 Å². The predicted molar refractivity (Wildman–Crippen MR) is 89.9 cm³/mol. The lowest BCUT2D eigenvalue weighted by Gasteiger charge is -2.17. The lowest BCUT2D eigenvalue weighted by atomic mass is 10.3. The molecule has 0 saturated carbocycles. The standard InChI is InChI=1S/C15H15ClN2O5S/c1-17(9-10-23-13-6-4-5-12(16)11-13)24(21,22)15-8-3-2-7-14(15)18(19)20/h2-8,11H,9-10H2,1H3. The molecule has 0 amide bonds. The fraction of sp³-hybridized carbons (Fsp3) is 0.200. The monoisotopic (exact) mass is 370 g/mol. The minimum Gasteiger partial charge on any atom is -0.492 e. The first-order chi connectivity index (χ1) is 11.3. The predicted octanol–water partition coefficient (Wildman–Crippen LogP) is 2.95. The first kappa shape index (κ1) is 18.2. The van der Waals surface area contributed by atoms with Crippen LogP contribution in [0.3, 0.4) is 0 Å². The van der Waals surface area contributed by atoms with E-state index >= 15 is 0 Å². The number of rotatable bonds is 7. The van der Waals surface area contributed by atoms with Gasteiger partial charge in [0.2, 0.25) is 10.0 Å².